The molecular weight excluding hydrogens is 330 g/mol. The van der Waals surface area contributed by atoms with Gasteiger partial charge in [0.15, 0.2) is 0 Å². The smallest absolute Gasteiger partial charge is 0.123 e. The number of hydrogen-bond donors (Lipinski definition) is 1. The van der Waals surface area contributed by atoms with E-state index in [4.69, 9.17) is 10.5 Å². The van der Waals surface area contributed by atoms with Crippen molar-refractivity contribution in [1.29, 1.82) is 0 Å². The molecule has 4 nitrogen and oxygen atoms in total. The minimum absolute atomic E-state index is 0.542. The summed E-state index contributed by atoms with van der Waals surface area (Å²) in [6.45, 7) is 9.57. The molecule has 0 unspecified atom stereocenters. The number of hydrogen-bond acceptors (Lipinski definition) is 5. The average Bonchev–Trinajstić information content (AvgIpc) is 3.02. The first-order valence-electron chi connectivity index (χ1n) is 8.04. The van der Waals surface area contributed by atoms with Crippen LogP contribution in [-0.2, 0) is 0 Å². The number of aryl methyl sites for hydroxylation is 1. The zero-order valence-corrected chi connectivity index (χ0v) is 16.0. The topological polar surface area (TPSA) is 61.0 Å². The molecule has 3 aromatic rings. The fraction of sp³-hybridized carbons (Fsp3) is 0.200. The van der Waals surface area contributed by atoms with Gasteiger partial charge in [-0.2, -0.15) is 0 Å². The molecule has 2 N–H and O–H groups in total. The molecule has 0 saturated heterocycles. The molecule has 2 heterocycles. The van der Waals surface area contributed by atoms with Gasteiger partial charge in [-0.05, 0) is 42.8 Å². The number of fused-ring (bicyclic) bond motifs is 1. The van der Waals surface area contributed by atoms with Gasteiger partial charge in [0, 0.05) is 6.20 Å². The SMILES string of the molecule is C=C/C=C/c1ccc(N)nc1.CC.COc1ccc2nc(C)sc2c1. The Morgan fingerprint density at radius 3 is 2.56 bits per heavy atom. The average molecular weight is 356 g/mol. The third kappa shape index (κ3) is 6.77. The van der Waals surface area contributed by atoms with Crippen molar-refractivity contribution in [3.8, 4) is 5.75 Å². The maximum Gasteiger partial charge on any atom is 0.123 e. The van der Waals surface area contributed by atoms with Gasteiger partial charge in [0.05, 0.1) is 22.3 Å². The van der Waals surface area contributed by atoms with Crippen molar-refractivity contribution in [2.45, 2.75) is 20.8 Å². The minimum Gasteiger partial charge on any atom is -0.497 e. The summed E-state index contributed by atoms with van der Waals surface area (Å²) in [6, 6.07) is 9.60. The van der Waals surface area contributed by atoms with E-state index in [9.17, 15) is 0 Å². The van der Waals surface area contributed by atoms with E-state index in [2.05, 4.69) is 16.5 Å². The van der Waals surface area contributed by atoms with E-state index in [0.29, 0.717) is 5.82 Å². The summed E-state index contributed by atoms with van der Waals surface area (Å²) in [5.41, 5.74) is 7.48. The van der Waals surface area contributed by atoms with E-state index in [1.807, 2.05) is 57.2 Å². The van der Waals surface area contributed by atoms with Crippen LogP contribution in [0, 0.1) is 6.92 Å². The second-order valence-electron chi connectivity index (χ2n) is 4.68. The number of pyridine rings is 1. The molecule has 132 valence electrons. The van der Waals surface area contributed by atoms with Crippen LogP contribution in [0.1, 0.15) is 24.4 Å². The first-order valence-corrected chi connectivity index (χ1v) is 8.86. The van der Waals surface area contributed by atoms with Crippen LogP contribution in [0.2, 0.25) is 0 Å². The van der Waals surface area contributed by atoms with Crippen molar-refractivity contribution in [3.63, 3.8) is 0 Å². The number of thiazole rings is 1. The number of nitrogens with two attached hydrogens (primary N) is 1. The molecule has 5 heteroatoms. The molecular formula is C20H25N3OS. The summed E-state index contributed by atoms with van der Waals surface area (Å²) in [5, 5.41) is 1.10. The maximum atomic E-state index is 5.40. The van der Waals surface area contributed by atoms with Crippen LogP contribution in [-0.4, -0.2) is 17.1 Å². The van der Waals surface area contributed by atoms with Gasteiger partial charge >= 0.3 is 0 Å². The summed E-state index contributed by atoms with van der Waals surface area (Å²) >= 11 is 1.69. The maximum absolute atomic E-state index is 5.40. The second-order valence-corrected chi connectivity index (χ2v) is 5.91. The fourth-order valence-corrected chi connectivity index (χ4v) is 2.70. The number of nitrogens with zero attached hydrogens (tertiary/aromatic N) is 2. The largest absolute Gasteiger partial charge is 0.497 e. The second kappa shape index (κ2) is 11.0. The monoisotopic (exact) mass is 355 g/mol. The first kappa shape index (κ1) is 20.4. The van der Waals surface area contributed by atoms with E-state index in [1.165, 1.54) is 4.70 Å². The highest BCUT2D eigenvalue weighted by Crippen LogP contribution is 2.25. The van der Waals surface area contributed by atoms with E-state index in [0.717, 1.165) is 21.8 Å². The quantitative estimate of drug-likeness (QED) is 0.630. The van der Waals surface area contributed by atoms with Gasteiger partial charge in [-0.25, -0.2) is 9.97 Å². The van der Waals surface area contributed by atoms with Gasteiger partial charge in [-0.1, -0.05) is 38.7 Å². The van der Waals surface area contributed by atoms with Crippen molar-refractivity contribution in [3.05, 3.63) is 65.8 Å². The molecule has 0 aliphatic rings. The summed E-state index contributed by atoms with van der Waals surface area (Å²) in [7, 11) is 1.68. The summed E-state index contributed by atoms with van der Waals surface area (Å²) in [5.74, 6) is 1.44. The normalized spacial score (nSPS) is 9.76. The lowest BCUT2D eigenvalue weighted by Crippen LogP contribution is -1.87. The molecule has 0 spiro atoms. The molecule has 0 fully saturated rings. The van der Waals surface area contributed by atoms with Crippen molar-refractivity contribution in [2.75, 3.05) is 12.8 Å². The Bertz CT molecular complexity index is 807. The third-order valence-electron chi connectivity index (χ3n) is 2.94. The summed E-state index contributed by atoms with van der Waals surface area (Å²) < 4.78 is 6.30. The summed E-state index contributed by atoms with van der Waals surface area (Å²) in [6.07, 6.45) is 7.21. The molecule has 1 aromatic carbocycles. The van der Waals surface area contributed by atoms with Crippen molar-refractivity contribution >= 4 is 33.4 Å². The van der Waals surface area contributed by atoms with Gasteiger partial charge in [0.1, 0.15) is 11.6 Å². The number of nitrogen functional groups attached to an aromatic ring is 1. The predicted molar refractivity (Wildman–Crippen MR) is 110 cm³/mol. The molecule has 0 atom stereocenters. The fourth-order valence-electron chi connectivity index (χ4n) is 1.84. The molecule has 0 aliphatic heterocycles. The van der Waals surface area contributed by atoms with Crippen LogP contribution in [0.15, 0.2) is 55.3 Å². The lowest BCUT2D eigenvalue weighted by atomic mass is 10.2. The molecule has 2 aromatic heterocycles. The van der Waals surface area contributed by atoms with E-state index >= 15 is 0 Å². The molecule has 0 radical (unpaired) electrons. The van der Waals surface area contributed by atoms with Gasteiger partial charge in [0.25, 0.3) is 0 Å². The third-order valence-corrected chi connectivity index (χ3v) is 3.87. The zero-order valence-electron chi connectivity index (χ0n) is 15.2. The Balaban J connectivity index is 0.000000229. The van der Waals surface area contributed by atoms with E-state index in [1.54, 1.807) is 36.8 Å². The van der Waals surface area contributed by atoms with Crippen LogP contribution in [0.5, 0.6) is 5.75 Å². The number of allylic oxidation sites excluding steroid dienone is 2. The number of methoxy groups -OCH3 is 1. The number of aromatic nitrogens is 2. The number of rotatable bonds is 3. The van der Waals surface area contributed by atoms with Gasteiger partial charge in [-0.3, -0.25) is 0 Å². The molecule has 3 rings (SSSR count). The van der Waals surface area contributed by atoms with E-state index < -0.39 is 0 Å². The number of ether oxygens (including phenoxy) is 1. The van der Waals surface area contributed by atoms with Crippen LogP contribution in [0.4, 0.5) is 5.82 Å². The Hall–Kier alpha value is -2.66. The molecule has 25 heavy (non-hydrogen) atoms. The zero-order chi connectivity index (χ0) is 18.7. The van der Waals surface area contributed by atoms with Crippen LogP contribution >= 0.6 is 11.3 Å². The predicted octanol–water partition coefficient (Wildman–Crippen LogP) is 5.50. The molecule has 0 aliphatic carbocycles. The Labute approximate surface area is 153 Å². The highest BCUT2D eigenvalue weighted by Gasteiger charge is 2.00. The van der Waals surface area contributed by atoms with Crippen molar-refractivity contribution < 1.29 is 4.74 Å². The van der Waals surface area contributed by atoms with Crippen LogP contribution in [0.3, 0.4) is 0 Å². The highest BCUT2D eigenvalue weighted by atomic mass is 32.1. The molecule has 0 saturated carbocycles. The van der Waals surface area contributed by atoms with Crippen LogP contribution < -0.4 is 10.5 Å². The Kier molecular flexibility index (Phi) is 8.96. The molecule has 0 bridgehead atoms. The number of anilines is 1. The Morgan fingerprint density at radius 2 is 1.96 bits per heavy atom. The lowest BCUT2D eigenvalue weighted by Gasteiger charge is -1.96. The van der Waals surface area contributed by atoms with Crippen molar-refractivity contribution in [2.24, 2.45) is 0 Å². The van der Waals surface area contributed by atoms with Gasteiger partial charge in [0.2, 0.25) is 0 Å². The minimum atomic E-state index is 0.542. The van der Waals surface area contributed by atoms with E-state index in [-0.39, 0.29) is 0 Å². The standard InChI is InChI=1S/C9H10N2.C9H9NOS.C2H6/c1-2-3-4-8-5-6-9(10)11-7-8;1-6-10-8-4-3-7(11-2)5-9(8)12-6;1-2/h2-7H,1H2,(H2,10,11);3-5H,1-2H3;1-2H3/b4-3+;;. The van der Waals surface area contributed by atoms with Gasteiger partial charge in [-0.15, -0.1) is 11.3 Å². The lowest BCUT2D eigenvalue weighted by molar-refractivity contribution is 0.415. The van der Waals surface area contributed by atoms with Crippen LogP contribution in [0.25, 0.3) is 16.3 Å². The number of benzene rings is 1. The van der Waals surface area contributed by atoms with Gasteiger partial charge < -0.3 is 10.5 Å². The van der Waals surface area contributed by atoms with Crippen molar-refractivity contribution in [1.82, 2.24) is 9.97 Å². The highest BCUT2D eigenvalue weighted by molar-refractivity contribution is 7.18. The first-order chi connectivity index (χ1) is 12.1. The Morgan fingerprint density at radius 1 is 1.20 bits per heavy atom. The molecule has 0 amide bonds. The summed E-state index contributed by atoms with van der Waals surface area (Å²) in [4.78, 5) is 8.28.